The van der Waals surface area contributed by atoms with Crippen molar-refractivity contribution in [1.82, 2.24) is 23.6 Å². The van der Waals surface area contributed by atoms with Crippen LogP contribution in [0.25, 0.3) is 22.2 Å². The Kier molecular flexibility index (Phi) is 7.97. The fourth-order valence-electron chi connectivity index (χ4n) is 5.75. The summed E-state index contributed by atoms with van der Waals surface area (Å²) in [7, 11) is -0.175. The van der Waals surface area contributed by atoms with Gasteiger partial charge in [0.15, 0.2) is 5.65 Å². The van der Waals surface area contributed by atoms with Crippen LogP contribution in [0.1, 0.15) is 50.5 Å². The van der Waals surface area contributed by atoms with E-state index in [-0.39, 0.29) is 4.90 Å². The van der Waals surface area contributed by atoms with Gasteiger partial charge < -0.3 is 4.74 Å². The van der Waals surface area contributed by atoms with E-state index < -0.39 is 10.0 Å². The third-order valence-electron chi connectivity index (χ3n) is 7.73. The summed E-state index contributed by atoms with van der Waals surface area (Å²) in [5.41, 5.74) is 3.31. The van der Waals surface area contributed by atoms with Gasteiger partial charge in [-0.15, -0.1) is 0 Å². The monoisotopic (exact) mass is 535 g/mol. The topological polar surface area (TPSA) is 82.2 Å². The number of fused-ring (bicyclic) bond motifs is 1. The minimum Gasteiger partial charge on any atom is -0.383 e. The molecule has 38 heavy (non-hydrogen) atoms. The molecule has 3 aromatic heterocycles. The second kappa shape index (κ2) is 11.4. The van der Waals surface area contributed by atoms with Crippen molar-refractivity contribution in [2.75, 3.05) is 26.8 Å². The Balaban J connectivity index is 1.48. The first-order valence-corrected chi connectivity index (χ1v) is 14.9. The van der Waals surface area contributed by atoms with Crippen molar-refractivity contribution in [2.24, 2.45) is 7.05 Å². The summed E-state index contributed by atoms with van der Waals surface area (Å²) in [6.07, 6.45) is 12.9. The number of aromatic nitrogens is 4. The zero-order valence-corrected chi connectivity index (χ0v) is 23.3. The van der Waals surface area contributed by atoms with Crippen LogP contribution in [0.2, 0.25) is 0 Å². The lowest BCUT2D eigenvalue weighted by Crippen LogP contribution is -2.40. The smallest absolute Gasteiger partial charge is 0.269 e. The second-order valence-corrected chi connectivity index (χ2v) is 12.0. The molecule has 3 heterocycles. The number of aryl methyl sites for hydroxylation is 1. The van der Waals surface area contributed by atoms with E-state index in [9.17, 15) is 8.42 Å². The van der Waals surface area contributed by atoms with Crippen LogP contribution in [0.4, 0.5) is 0 Å². The van der Waals surface area contributed by atoms with E-state index in [4.69, 9.17) is 9.72 Å². The predicted molar refractivity (Wildman–Crippen MR) is 150 cm³/mol. The molecule has 1 aliphatic carbocycles. The number of ether oxygens (including phenoxy) is 1. The molecule has 4 aromatic rings. The first-order valence-electron chi connectivity index (χ1n) is 13.5. The molecule has 0 atom stereocenters. The minimum absolute atomic E-state index is 0.240. The van der Waals surface area contributed by atoms with E-state index in [2.05, 4.69) is 23.0 Å². The number of nitrogens with zero attached hydrogens (tertiary/aromatic N) is 5. The molecule has 1 fully saturated rings. The van der Waals surface area contributed by atoms with Crippen molar-refractivity contribution in [3.8, 4) is 11.1 Å². The fourth-order valence-corrected chi connectivity index (χ4v) is 7.09. The van der Waals surface area contributed by atoms with Crippen LogP contribution in [0.15, 0.2) is 66.1 Å². The molecular weight excluding hydrogens is 498 g/mol. The quantitative estimate of drug-likeness (QED) is 0.282. The van der Waals surface area contributed by atoms with E-state index in [1.165, 1.54) is 9.54 Å². The van der Waals surface area contributed by atoms with Crippen molar-refractivity contribution in [3.63, 3.8) is 0 Å². The number of rotatable bonds is 10. The standard InChI is InChI=1S/C29H37N5O3S/c1-4-14-33(15-16-37-3)25-12-10-22(11-13-25)23-17-27-28(24-19-31-32(2)20-24)21-34(29(27)30-18-23)38(35,36)26-8-6-5-7-9-26/h5-9,17-22,25H,4,10-16H2,1-3H3/t22-,25+. The van der Waals surface area contributed by atoms with Gasteiger partial charge in [0.1, 0.15) is 0 Å². The molecule has 1 aromatic carbocycles. The average Bonchev–Trinajstić information content (AvgIpc) is 3.55. The van der Waals surface area contributed by atoms with Crippen molar-refractivity contribution in [1.29, 1.82) is 0 Å². The lowest BCUT2D eigenvalue weighted by atomic mass is 9.81. The molecule has 0 aliphatic heterocycles. The summed E-state index contributed by atoms with van der Waals surface area (Å²) >= 11 is 0. The van der Waals surface area contributed by atoms with Gasteiger partial charge in [-0.3, -0.25) is 9.58 Å². The Morgan fingerprint density at radius 1 is 1.05 bits per heavy atom. The number of methoxy groups -OCH3 is 1. The summed E-state index contributed by atoms with van der Waals surface area (Å²) in [5.74, 6) is 0.407. The molecule has 0 bridgehead atoms. The maximum atomic E-state index is 13.6. The van der Waals surface area contributed by atoms with Crippen LogP contribution in [0.3, 0.4) is 0 Å². The first kappa shape index (κ1) is 26.6. The van der Waals surface area contributed by atoms with Gasteiger partial charge in [-0.25, -0.2) is 17.4 Å². The number of benzene rings is 1. The number of hydrogen-bond donors (Lipinski definition) is 0. The highest BCUT2D eigenvalue weighted by molar-refractivity contribution is 7.90. The minimum atomic E-state index is -3.80. The van der Waals surface area contributed by atoms with Gasteiger partial charge in [-0.1, -0.05) is 25.1 Å². The van der Waals surface area contributed by atoms with E-state index in [0.717, 1.165) is 68.3 Å². The Morgan fingerprint density at radius 3 is 2.47 bits per heavy atom. The zero-order valence-electron chi connectivity index (χ0n) is 22.5. The third kappa shape index (κ3) is 5.28. The Morgan fingerprint density at radius 2 is 1.82 bits per heavy atom. The molecule has 202 valence electrons. The van der Waals surface area contributed by atoms with E-state index in [0.29, 0.717) is 17.6 Å². The maximum Gasteiger partial charge on any atom is 0.269 e. The molecule has 9 heteroatoms. The molecule has 1 saturated carbocycles. The van der Waals surface area contributed by atoms with Crippen molar-refractivity contribution < 1.29 is 13.2 Å². The summed E-state index contributed by atoms with van der Waals surface area (Å²) in [5, 5.41) is 5.16. The normalized spacial score (nSPS) is 18.4. The third-order valence-corrected chi connectivity index (χ3v) is 9.39. The van der Waals surface area contributed by atoms with Gasteiger partial charge >= 0.3 is 0 Å². The average molecular weight is 536 g/mol. The molecule has 1 aliphatic rings. The van der Waals surface area contributed by atoms with Gasteiger partial charge in [-0.2, -0.15) is 5.10 Å². The van der Waals surface area contributed by atoms with E-state index in [1.807, 2.05) is 25.5 Å². The Bertz CT molecular complexity index is 1470. The molecule has 5 rings (SSSR count). The molecule has 0 radical (unpaired) electrons. The molecule has 0 saturated heterocycles. The van der Waals surface area contributed by atoms with Crippen LogP contribution in [0.5, 0.6) is 0 Å². The van der Waals surface area contributed by atoms with Crippen LogP contribution < -0.4 is 0 Å². The fraction of sp³-hybridized carbons (Fsp3) is 0.448. The maximum absolute atomic E-state index is 13.6. The molecule has 8 nitrogen and oxygen atoms in total. The van der Waals surface area contributed by atoms with E-state index in [1.54, 1.807) is 48.5 Å². The van der Waals surface area contributed by atoms with Gasteiger partial charge in [0, 0.05) is 61.8 Å². The highest BCUT2D eigenvalue weighted by Crippen LogP contribution is 2.38. The summed E-state index contributed by atoms with van der Waals surface area (Å²) in [6, 6.07) is 11.3. The Labute approximate surface area is 225 Å². The first-order chi connectivity index (χ1) is 18.4. The van der Waals surface area contributed by atoms with Crippen LogP contribution in [-0.2, 0) is 21.8 Å². The summed E-state index contributed by atoms with van der Waals surface area (Å²) in [6.45, 7) is 5.08. The molecule has 0 amide bonds. The van der Waals surface area contributed by atoms with Crippen molar-refractivity contribution in [3.05, 3.63) is 66.7 Å². The van der Waals surface area contributed by atoms with Crippen LogP contribution in [0, 0.1) is 0 Å². The molecule has 0 spiro atoms. The number of hydrogen-bond acceptors (Lipinski definition) is 6. The van der Waals surface area contributed by atoms with Gasteiger partial charge in [0.05, 0.1) is 17.7 Å². The highest BCUT2D eigenvalue weighted by atomic mass is 32.2. The van der Waals surface area contributed by atoms with Gasteiger partial charge in [0.25, 0.3) is 10.0 Å². The van der Waals surface area contributed by atoms with Crippen LogP contribution >= 0.6 is 0 Å². The molecular formula is C29H37N5O3S. The largest absolute Gasteiger partial charge is 0.383 e. The van der Waals surface area contributed by atoms with Gasteiger partial charge in [-0.05, 0) is 68.3 Å². The number of pyridine rings is 1. The summed E-state index contributed by atoms with van der Waals surface area (Å²) in [4.78, 5) is 7.57. The summed E-state index contributed by atoms with van der Waals surface area (Å²) < 4.78 is 35.6. The predicted octanol–water partition coefficient (Wildman–Crippen LogP) is 5.06. The SMILES string of the molecule is CCCN(CCOC)[C@H]1CC[C@@H](c2cnc3c(c2)c(-c2cnn(C)c2)cn3S(=O)(=O)c2ccccc2)CC1. The van der Waals surface area contributed by atoms with Crippen molar-refractivity contribution in [2.45, 2.75) is 55.9 Å². The van der Waals surface area contributed by atoms with Crippen LogP contribution in [-0.4, -0.2) is 64.9 Å². The van der Waals surface area contributed by atoms with Gasteiger partial charge in [0.2, 0.25) is 0 Å². The lowest BCUT2D eigenvalue weighted by molar-refractivity contribution is 0.0990. The molecule has 0 unspecified atom stereocenters. The molecule has 0 N–H and O–H groups in total. The highest BCUT2D eigenvalue weighted by Gasteiger charge is 2.28. The zero-order chi connectivity index (χ0) is 26.7. The van der Waals surface area contributed by atoms with E-state index >= 15 is 0 Å². The lowest BCUT2D eigenvalue weighted by Gasteiger charge is -2.37. The van der Waals surface area contributed by atoms with Crippen molar-refractivity contribution >= 4 is 21.1 Å². The Hall–Kier alpha value is -3.01. The second-order valence-electron chi connectivity index (χ2n) is 10.2.